The highest BCUT2D eigenvalue weighted by molar-refractivity contribution is 9.09. The number of benzene rings is 3. The number of carbonyl (C=O) groups is 1. The molecule has 0 spiro atoms. The number of alkyl halides is 1. The zero-order chi connectivity index (χ0) is 21.5. The van der Waals surface area contributed by atoms with Gasteiger partial charge in [0.15, 0.2) is 0 Å². The summed E-state index contributed by atoms with van der Waals surface area (Å²) < 4.78 is 16.3. The molecule has 5 nitrogen and oxygen atoms in total. The Kier molecular flexibility index (Phi) is 5.40. The number of esters is 1. The molecule has 4 rings (SSSR count). The van der Waals surface area contributed by atoms with Crippen molar-refractivity contribution >= 4 is 38.7 Å². The molecule has 1 N–H and O–H groups in total. The standard InChI is InChI=1S/C24H21BrO5/c1-28-23(27)21-13-18-11-16(7-9-20(18)22(25)24(21,29-2)30-3)14-4-5-17-12-19(26)8-6-15(17)10-14/h4-13,22,26H,1-3H3. The minimum Gasteiger partial charge on any atom is -0.508 e. The van der Waals surface area contributed by atoms with Crippen LogP contribution in [0.2, 0.25) is 0 Å². The van der Waals surface area contributed by atoms with E-state index in [1.54, 1.807) is 18.2 Å². The van der Waals surface area contributed by atoms with Gasteiger partial charge in [0.2, 0.25) is 5.79 Å². The van der Waals surface area contributed by atoms with Crippen molar-refractivity contribution in [2.45, 2.75) is 10.6 Å². The Balaban J connectivity index is 1.84. The predicted molar refractivity (Wildman–Crippen MR) is 119 cm³/mol. The molecule has 6 heteroatoms. The van der Waals surface area contributed by atoms with Crippen LogP contribution < -0.4 is 0 Å². The Morgan fingerprint density at radius 2 is 1.57 bits per heavy atom. The van der Waals surface area contributed by atoms with Crippen LogP contribution in [0.4, 0.5) is 0 Å². The Morgan fingerprint density at radius 1 is 0.933 bits per heavy atom. The number of phenolic OH excluding ortho intramolecular Hbond substituents is 1. The van der Waals surface area contributed by atoms with Crippen molar-refractivity contribution < 1.29 is 24.1 Å². The van der Waals surface area contributed by atoms with Crippen molar-refractivity contribution in [1.29, 1.82) is 0 Å². The van der Waals surface area contributed by atoms with Gasteiger partial charge in [-0.15, -0.1) is 0 Å². The van der Waals surface area contributed by atoms with Gasteiger partial charge in [-0.25, -0.2) is 4.79 Å². The van der Waals surface area contributed by atoms with E-state index < -0.39 is 16.6 Å². The fraction of sp³-hybridized carbons (Fsp3) is 0.208. The smallest absolute Gasteiger partial charge is 0.339 e. The second kappa shape index (κ2) is 7.87. The number of methoxy groups -OCH3 is 3. The molecule has 1 aliphatic rings. The normalized spacial score (nSPS) is 17.3. The molecule has 0 radical (unpaired) electrons. The van der Waals surface area contributed by atoms with Crippen molar-refractivity contribution in [1.82, 2.24) is 0 Å². The van der Waals surface area contributed by atoms with E-state index in [2.05, 4.69) is 22.0 Å². The first kappa shape index (κ1) is 20.6. The molecule has 30 heavy (non-hydrogen) atoms. The molecule has 1 unspecified atom stereocenters. The minimum atomic E-state index is -1.29. The Bertz CT molecular complexity index is 1160. The second-order valence-electron chi connectivity index (χ2n) is 7.08. The summed E-state index contributed by atoms with van der Waals surface area (Å²) in [7, 11) is 4.34. The number of rotatable bonds is 4. The maximum Gasteiger partial charge on any atom is 0.339 e. The van der Waals surface area contributed by atoms with E-state index in [0.29, 0.717) is 0 Å². The van der Waals surface area contributed by atoms with E-state index in [4.69, 9.17) is 14.2 Å². The largest absolute Gasteiger partial charge is 0.508 e. The Morgan fingerprint density at radius 3 is 2.27 bits per heavy atom. The molecular weight excluding hydrogens is 448 g/mol. The van der Waals surface area contributed by atoms with Gasteiger partial charge in [0.25, 0.3) is 0 Å². The summed E-state index contributed by atoms with van der Waals surface area (Å²) in [6, 6.07) is 17.4. The summed E-state index contributed by atoms with van der Waals surface area (Å²) in [5.74, 6) is -1.55. The van der Waals surface area contributed by atoms with Gasteiger partial charge >= 0.3 is 5.97 Å². The molecule has 0 amide bonds. The van der Waals surface area contributed by atoms with Crippen LogP contribution in [0.1, 0.15) is 16.0 Å². The molecule has 3 aromatic rings. The number of carbonyl (C=O) groups excluding carboxylic acids is 1. The lowest BCUT2D eigenvalue weighted by Gasteiger charge is -2.39. The highest BCUT2D eigenvalue weighted by Crippen LogP contribution is 2.48. The van der Waals surface area contributed by atoms with Gasteiger partial charge in [-0.3, -0.25) is 0 Å². The number of fused-ring (bicyclic) bond motifs is 2. The van der Waals surface area contributed by atoms with Crippen LogP contribution >= 0.6 is 15.9 Å². The molecule has 0 aliphatic heterocycles. The number of halogens is 1. The van der Waals surface area contributed by atoms with Crippen LogP contribution in [-0.2, 0) is 19.0 Å². The van der Waals surface area contributed by atoms with E-state index in [0.717, 1.165) is 33.0 Å². The first-order chi connectivity index (χ1) is 14.4. The molecule has 0 saturated carbocycles. The van der Waals surface area contributed by atoms with Crippen molar-refractivity contribution in [2.24, 2.45) is 0 Å². The molecule has 154 valence electrons. The molecule has 3 aromatic carbocycles. The van der Waals surface area contributed by atoms with Crippen molar-refractivity contribution in [3.8, 4) is 16.9 Å². The maximum absolute atomic E-state index is 12.5. The topological polar surface area (TPSA) is 65.0 Å². The fourth-order valence-corrected chi connectivity index (χ4v) is 4.98. The minimum absolute atomic E-state index is 0.243. The number of aromatic hydroxyl groups is 1. The first-order valence-electron chi connectivity index (χ1n) is 9.35. The lowest BCUT2D eigenvalue weighted by molar-refractivity contribution is -0.186. The van der Waals surface area contributed by atoms with Gasteiger partial charge in [0.05, 0.1) is 17.5 Å². The van der Waals surface area contributed by atoms with Crippen molar-refractivity contribution in [3.63, 3.8) is 0 Å². The van der Waals surface area contributed by atoms with Crippen LogP contribution in [-0.4, -0.2) is 38.2 Å². The molecule has 0 fully saturated rings. The van der Waals surface area contributed by atoms with Gasteiger partial charge in [-0.2, -0.15) is 0 Å². The summed E-state index contributed by atoms with van der Waals surface area (Å²) in [5, 5.41) is 11.7. The van der Waals surface area contributed by atoms with Crippen LogP contribution in [0.25, 0.3) is 28.0 Å². The number of phenols is 1. The van der Waals surface area contributed by atoms with Crippen LogP contribution in [0, 0.1) is 0 Å². The van der Waals surface area contributed by atoms with E-state index in [9.17, 15) is 9.90 Å². The molecule has 0 heterocycles. The van der Waals surface area contributed by atoms with Crippen LogP contribution in [0.3, 0.4) is 0 Å². The second-order valence-corrected chi connectivity index (χ2v) is 7.99. The van der Waals surface area contributed by atoms with Gasteiger partial charge in [-0.1, -0.05) is 46.3 Å². The van der Waals surface area contributed by atoms with Gasteiger partial charge in [0, 0.05) is 14.2 Å². The zero-order valence-corrected chi connectivity index (χ0v) is 18.4. The predicted octanol–water partition coefficient (Wildman–Crippen LogP) is 5.21. The molecular formula is C24H21BrO5. The third kappa shape index (κ3) is 3.21. The quantitative estimate of drug-likeness (QED) is 0.323. The van der Waals surface area contributed by atoms with E-state index in [1.807, 2.05) is 36.4 Å². The monoisotopic (exact) mass is 468 g/mol. The van der Waals surface area contributed by atoms with Gasteiger partial charge in [0.1, 0.15) is 5.75 Å². The third-order valence-corrected chi connectivity index (χ3v) is 6.63. The summed E-state index contributed by atoms with van der Waals surface area (Å²) in [6.45, 7) is 0. The van der Waals surface area contributed by atoms with Crippen LogP contribution in [0.15, 0.2) is 60.2 Å². The number of ether oxygens (including phenoxy) is 3. The average molecular weight is 469 g/mol. The van der Waals surface area contributed by atoms with E-state index in [1.165, 1.54) is 21.3 Å². The first-order valence-corrected chi connectivity index (χ1v) is 10.3. The van der Waals surface area contributed by atoms with Gasteiger partial charge in [-0.05, 0) is 63.4 Å². The fourth-order valence-electron chi connectivity index (χ4n) is 3.94. The molecule has 0 saturated heterocycles. The summed E-state index contributed by atoms with van der Waals surface area (Å²) in [6.07, 6.45) is 1.76. The van der Waals surface area contributed by atoms with Crippen molar-refractivity contribution in [3.05, 3.63) is 71.3 Å². The van der Waals surface area contributed by atoms with Crippen molar-refractivity contribution in [2.75, 3.05) is 21.3 Å². The molecule has 0 aromatic heterocycles. The highest BCUT2D eigenvalue weighted by atomic mass is 79.9. The maximum atomic E-state index is 12.5. The highest BCUT2D eigenvalue weighted by Gasteiger charge is 2.49. The van der Waals surface area contributed by atoms with Crippen LogP contribution in [0.5, 0.6) is 5.75 Å². The number of hydrogen-bond acceptors (Lipinski definition) is 5. The zero-order valence-electron chi connectivity index (χ0n) is 16.8. The third-order valence-electron chi connectivity index (χ3n) is 5.54. The van der Waals surface area contributed by atoms with E-state index >= 15 is 0 Å². The Labute approximate surface area is 183 Å². The van der Waals surface area contributed by atoms with E-state index in [-0.39, 0.29) is 11.3 Å². The summed E-state index contributed by atoms with van der Waals surface area (Å²) in [4.78, 5) is 12.1. The lowest BCUT2D eigenvalue weighted by atomic mass is 9.85. The summed E-state index contributed by atoms with van der Waals surface area (Å²) in [5.41, 5.74) is 4.15. The molecule has 1 atom stereocenters. The van der Waals surface area contributed by atoms with Gasteiger partial charge < -0.3 is 19.3 Å². The summed E-state index contributed by atoms with van der Waals surface area (Å²) >= 11 is 3.67. The number of hydrogen-bond donors (Lipinski definition) is 1. The molecule has 0 bridgehead atoms. The SMILES string of the molecule is COC(=O)C1=Cc2cc(-c3ccc4cc(O)ccc4c3)ccc2C(Br)C1(OC)OC. The average Bonchev–Trinajstić information content (AvgIpc) is 2.78. The Hall–Kier alpha value is -2.67. The molecule has 1 aliphatic carbocycles. The lowest BCUT2D eigenvalue weighted by Crippen LogP contribution is -2.45.